The van der Waals surface area contributed by atoms with E-state index in [1.807, 2.05) is 11.0 Å². The van der Waals surface area contributed by atoms with E-state index in [1.54, 1.807) is 19.3 Å². The van der Waals surface area contributed by atoms with Gasteiger partial charge in [-0.15, -0.1) is 0 Å². The lowest BCUT2D eigenvalue weighted by atomic mass is 9.72. The van der Waals surface area contributed by atoms with Crippen molar-refractivity contribution in [2.24, 2.45) is 5.41 Å². The van der Waals surface area contributed by atoms with Crippen LogP contribution in [0.2, 0.25) is 0 Å². The van der Waals surface area contributed by atoms with Crippen LogP contribution in [0.1, 0.15) is 48.9 Å². The Morgan fingerprint density at radius 1 is 1.36 bits per heavy atom. The van der Waals surface area contributed by atoms with E-state index in [1.165, 1.54) is 0 Å². The summed E-state index contributed by atoms with van der Waals surface area (Å²) < 4.78 is 5.75. The number of piperidine rings is 2. The van der Waals surface area contributed by atoms with Crippen molar-refractivity contribution in [3.05, 3.63) is 23.9 Å². The highest BCUT2D eigenvalue weighted by Gasteiger charge is 2.42. The van der Waals surface area contributed by atoms with Crippen LogP contribution < -0.4 is 10.2 Å². The topological polar surface area (TPSA) is 74.8 Å². The fourth-order valence-electron chi connectivity index (χ4n) is 4.86. The fourth-order valence-corrected chi connectivity index (χ4v) is 4.86. The van der Waals surface area contributed by atoms with Gasteiger partial charge in [0.1, 0.15) is 5.82 Å². The first-order chi connectivity index (χ1) is 13.6. The van der Waals surface area contributed by atoms with E-state index in [0.717, 1.165) is 70.7 Å². The van der Waals surface area contributed by atoms with Gasteiger partial charge in [0.15, 0.2) is 0 Å². The van der Waals surface area contributed by atoms with Crippen molar-refractivity contribution in [1.29, 1.82) is 0 Å². The van der Waals surface area contributed by atoms with Crippen molar-refractivity contribution in [3.63, 3.8) is 0 Å². The van der Waals surface area contributed by atoms with Crippen molar-refractivity contribution < 1.29 is 14.3 Å². The van der Waals surface area contributed by atoms with E-state index in [-0.39, 0.29) is 23.3 Å². The molecule has 1 unspecified atom stereocenters. The van der Waals surface area contributed by atoms with Gasteiger partial charge in [-0.3, -0.25) is 9.59 Å². The summed E-state index contributed by atoms with van der Waals surface area (Å²) in [5.74, 6) is 0.935. The molecule has 0 bridgehead atoms. The molecule has 3 aliphatic rings. The summed E-state index contributed by atoms with van der Waals surface area (Å²) >= 11 is 0. The third kappa shape index (κ3) is 3.85. The van der Waals surface area contributed by atoms with Gasteiger partial charge in [-0.2, -0.15) is 0 Å². The van der Waals surface area contributed by atoms with Crippen LogP contribution in [0, 0.1) is 5.41 Å². The average Bonchev–Trinajstić information content (AvgIpc) is 3.24. The van der Waals surface area contributed by atoms with E-state index in [4.69, 9.17) is 4.74 Å². The zero-order valence-corrected chi connectivity index (χ0v) is 16.7. The SMILES string of the molecule is CNC(=O)c1cccnc1N1CCC2(CCC(=O)N(CC3CCCO3)C2)CC1. The number of aromatic nitrogens is 1. The molecule has 1 N–H and O–H groups in total. The molecular weight excluding hydrogens is 356 g/mol. The lowest BCUT2D eigenvalue weighted by molar-refractivity contribution is -0.140. The Balaban J connectivity index is 1.42. The summed E-state index contributed by atoms with van der Waals surface area (Å²) in [5, 5.41) is 2.70. The smallest absolute Gasteiger partial charge is 0.254 e. The number of carbonyl (C=O) groups excluding carboxylic acids is 2. The van der Waals surface area contributed by atoms with Gasteiger partial charge in [-0.1, -0.05) is 0 Å². The van der Waals surface area contributed by atoms with Crippen LogP contribution >= 0.6 is 0 Å². The van der Waals surface area contributed by atoms with Crippen molar-refractivity contribution in [1.82, 2.24) is 15.2 Å². The second-order valence-electron chi connectivity index (χ2n) is 8.35. The minimum absolute atomic E-state index is 0.102. The zero-order valence-electron chi connectivity index (χ0n) is 16.7. The lowest BCUT2D eigenvalue weighted by Gasteiger charge is -2.48. The first-order valence-electron chi connectivity index (χ1n) is 10.4. The highest BCUT2D eigenvalue weighted by atomic mass is 16.5. The van der Waals surface area contributed by atoms with E-state index in [2.05, 4.69) is 15.2 Å². The Kier molecular flexibility index (Phi) is 5.53. The van der Waals surface area contributed by atoms with Crippen LogP contribution in [0.3, 0.4) is 0 Å². The predicted molar refractivity (Wildman–Crippen MR) is 106 cm³/mol. The maximum atomic E-state index is 12.5. The largest absolute Gasteiger partial charge is 0.376 e. The summed E-state index contributed by atoms with van der Waals surface area (Å²) in [6.45, 7) is 4.13. The second-order valence-corrected chi connectivity index (χ2v) is 8.35. The molecule has 28 heavy (non-hydrogen) atoms. The maximum absolute atomic E-state index is 12.5. The van der Waals surface area contributed by atoms with Gasteiger partial charge >= 0.3 is 0 Å². The summed E-state index contributed by atoms with van der Waals surface area (Å²) in [5.41, 5.74) is 0.810. The van der Waals surface area contributed by atoms with Crippen molar-refractivity contribution in [2.45, 2.75) is 44.6 Å². The Bertz CT molecular complexity index is 724. The molecule has 4 heterocycles. The summed E-state index contributed by atoms with van der Waals surface area (Å²) in [7, 11) is 1.64. The summed E-state index contributed by atoms with van der Waals surface area (Å²) in [6.07, 6.45) is 7.76. The van der Waals surface area contributed by atoms with Crippen molar-refractivity contribution >= 4 is 17.6 Å². The number of nitrogens with one attached hydrogen (secondary N) is 1. The monoisotopic (exact) mass is 386 g/mol. The third-order valence-electron chi connectivity index (χ3n) is 6.58. The van der Waals surface area contributed by atoms with Gasteiger partial charge in [-0.05, 0) is 49.7 Å². The van der Waals surface area contributed by atoms with Crippen LogP contribution in [0.25, 0.3) is 0 Å². The molecule has 3 aliphatic heterocycles. The van der Waals surface area contributed by atoms with Crippen molar-refractivity contribution in [2.75, 3.05) is 44.7 Å². The number of anilines is 1. The average molecular weight is 386 g/mol. The number of hydrogen-bond acceptors (Lipinski definition) is 5. The molecule has 7 nitrogen and oxygen atoms in total. The molecule has 0 saturated carbocycles. The second kappa shape index (κ2) is 8.07. The van der Waals surface area contributed by atoms with Crippen LogP contribution in [0.4, 0.5) is 5.82 Å². The molecule has 0 aromatic carbocycles. The van der Waals surface area contributed by atoms with Crippen molar-refractivity contribution in [3.8, 4) is 0 Å². The Morgan fingerprint density at radius 2 is 2.18 bits per heavy atom. The molecule has 2 amide bonds. The van der Waals surface area contributed by atoms with E-state index in [0.29, 0.717) is 12.0 Å². The third-order valence-corrected chi connectivity index (χ3v) is 6.58. The van der Waals surface area contributed by atoms with Gasteiger partial charge in [0.05, 0.1) is 11.7 Å². The molecular formula is C21H30N4O3. The molecule has 3 fully saturated rings. The standard InChI is InChI=1S/C21H30N4O3/c1-22-20(27)17-5-2-10-23-19(17)24-11-8-21(9-12-24)7-6-18(26)25(15-21)14-16-4-3-13-28-16/h2,5,10,16H,3-4,6-9,11-15H2,1H3,(H,22,27). The Morgan fingerprint density at radius 3 is 2.89 bits per heavy atom. The van der Waals surface area contributed by atoms with Gasteiger partial charge < -0.3 is 19.9 Å². The molecule has 3 saturated heterocycles. The highest BCUT2D eigenvalue weighted by Crippen LogP contribution is 2.41. The van der Waals surface area contributed by atoms with Gasteiger partial charge in [0, 0.05) is 52.5 Å². The van der Waals surface area contributed by atoms with Crippen LogP contribution in [-0.4, -0.2) is 67.6 Å². The fraction of sp³-hybridized carbons (Fsp3) is 0.667. The molecule has 7 heteroatoms. The van der Waals surface area contributed by atoms with Crippen LogP contribution in [0.15, 0.2) is 18.3 Å². The normalized spacial score (nSPS) is 24.6. The Labute approximate surface area is 166 Å². The summed E-state index contributed by atoms with van der Waals surface area (Å²) in [4.78, 5) is 33.4. The highest BCUT2D eigenvalue weighted by molar-refractivity contribution is 5.98. The minimum atomic E-state index is -0.102. The molecule has 0 aliphatic carbocycles. The predicted octanol–water partition coefficient (Wildman–Crippen LogP) is 1.83. The number of pyridine rings is 1. The first-order valence-corrected chi connectivity index (χ1v) is 10.4. The quantitative estimate of drug-likeness (QED) is 0.855. The number of rotatable bonds is 4. The van der Waals surface area contributed by atoms with Gasteiger partial charge in [0.25, 0.3) is 5.91 Å². The Hall–Kier alpha value is -2.15. The molecule has 0 radical (unpaired) electrons. The van der Waals surface area contributed by atoms with Crippen LogP contribution in [0.5, 0.6) is 0 Å². The molecule has 4 rings (SSSR count). The summed E-state index contributed by atoms with van der Waals surface area (Å²) in [6, 6.07) is 3.63. The lowest BCUT2D eigenvalue weighted by Crippen LogP contribution is -2.53. The number of nitrogens with zero attached hydrogens (tertiary/aromatic N) is 3. The molecule has 1 aromatic rings. The zero-order chi connectivity index (χ0) is 19.6. The number of carbonyl (C=O) groups is 2. The first kappa shape index (κ1) is 19.2. The number of ether oxygens (including phenoxy) is 1. The van der Waals surface area contributed by atoms with E-state index < -0.39 is 0 Å². The van der Waals surface area contributed by atoms with E-state index in [9.17, 15) is 9.59 Å². The van der Waals surface area contributed by atoms with Gasteiger partial charge in [0.2, 0.25) is 5.91 Å². The maximum Gasteiger partial charge on any atom is 0.254 e. The number of likely N-dealkylation sites (tertiary alicyclic amines) is 1. The number of hydrogen-bond donors (Lipinski definition) is 1. The molecule has 1 spiro atoms. The molecule has 1 aromatic heterocycles. The minimum Gasteiger partial charge on any atom is -0.376 e. The number of amides is 2. The van der Waals surface area contributed by atoms with Gasteiger partial charge in [-0.25, -0.2) is 4.98 Å². The van der Waals surface area contributed by atoms with Crippen LogP contribution in [-0.2, 0) is 9.53 Å². The molecule has 152 valence electrons. The molecule has 1 atom stereocenters. The van der Waals surface area contributed by atoms with E-state index >= 15 is 0 Å².